The lowest BCUT2D eigenvalue weighted by Crippen LogP contribution is -2.69. The van der Waals surface area contributed by atoms with E-state index in [0.717, 1.165) is 6.07 Å². The molecule has 200 valence electrons. The van der Waals surface area contributed by atoms with Crippen LogP contribution in [0.1, 0.15) is 15.9 Å². The summed E-state index contributed by atoms with van der Waals surface area (Å²) in [4.78, 5) is 39.1. The van der Waals surface area contributed by atoms with Crippen molar-refractivity contribution in [2.45, 2.75) is 18.4 Å². The fourth-order valence-electron chi connectivity index (χ4n) is 3.73. The van der Waals surface area contributed by atoms with Crippen LogP contribution in [0.3, 0.4) is 0 Å². The van der Waals surface area contributed by atoms with Crippen molar-refractivity contribution in [1.82, 2.24) is 15.5 Å². The summed E-state index contributed by atoms with van der Waals surface area (Å²) in [6, 6.07) is 5.37. The van der Waals surface area contributed by atoms with E-state index in [1.165, 1.54) is 59.8 Å². The van der Waals surface area contributed by atoms with Crippen LogP contribution in [0, 0.1) is 0 Å². The van der Waals surface area contributed by atoms with E-state index in [1.54, 1.807) is 10.6 Å². The van der Waals surface area contributed by atoms with Gasteiger partial charge in [0.05, 0.1) is 47.7 Å². The van der Waals surface area contributed by atoms with E-state index in [2.05, 4.69) is 0 Å². The van der Waals surface area contributed by atoms with Crippen molar-refractivity contribution in [2.75, 3.05) is 35.5 Å². The molecule has 1 aliphatic rings. The first-order valence-corrected chi connectivity index (χ1v) is 10.5. The van der Waals surface area contributed by atoms with Crippen molar-refractivity contribution in [1.29, 1.82) is 0 Å². The lowest BCUT2D eigenvalue weighted by atomic mass is 10.1. The second-order valence-electron chi connectivity index (χ2n) is 7.63. The number of hydrogen-bond acceptors (Lipinski definition) is 8. The van der Waals surface area contributed by atoms with Crippen LogP contribution in [-0.2, 0) is 11.3 Å². The van der Waals surface area contributed by atoms with Gasteiger partial charge in [-0.3, -0.25) is 19.8 Å². The number of rotatable bonds is 9. The first-order chi connectivity index (χ1) is 17.5. The molecule has 0 radical (unpaired) electrons. The molecular weight excluding hydrogens is 503 g/mol. The molecule has 1 fully saturated rings. The Kier molecular flexibility index (Phi) is 7.60. The Labute approximate surface area is 209 Å². The highest BCUT2D eigenvalue weighted by atomic mass is 19.4. The van der Waals surface area contributed by atoms with Gasteiger partial charge in [0.2, 0.25) is 5.75 Å². The number of carbonyl (C=O) groups excluding carboxylic acids is 3. The van der Waals surface area contributed by atoms with Crippen molar-refractivity contribution >= 4 is 17.8 Å². The van der Waals surface area contributed by atoms with Crippen LogP contribution in [0.4, 0.5) is 18.0 Å². The van der Waals surface area contributed by atoms with Crippen molar-refractivity contribution in [3.8, 4) is 28.7 Å². The van der Waals surface area contributed by atoms with Gasteiger partial charge in [-0.25, -0.2) is 4.79 Å². The first kappa shape index (κ1) is 27.2. The van der Waals surface area contributed by atoms with E-state index < -0.39 is 41.8 Å². The number of methoxy groups -OCH3 is 5. The molecule has 2 aromatic rings. The van der Waals surface area contributed by atoms with Gasteiger partial charge in [0, 0.05) is 6.07 Å². The van der Waals surface area contributed by atoms with Crippen LogP contribution < -0.4 is 34.3 Å². The van der Waals surface area contributed by atoms with Gasteiger partial charge in [-0.2, -0.15) is 13.2 Å². The predicted octanol–water partition coefficient (Wildman–Crippen LogP) is 2.47. The highest BCUT2D eigenvalue weighted by Crippen LogP contribution is 2.41. The first-order valence-electron chi connectivity index (χ1n) is 10.5. The summed E-state index contributed by atoms with van der Waals surface area (Å²) in [5.74, 6) is -2.68. The molecule has 2 N–H and O–H groups in total. The molecule has 1 aliphatic heterocycles. The summed E-state index contributed by atoms with van der Waals surface area (Å²) < 4.78 is 68.6. The molecular formula is C23H24F3N3O8. The Balaban J connectivity index is 2.00. The molecule has 4 amide bonds. The summed E-state index contributed by atoms with van der Waals surface area (Å²) in [6.07, 6.45) is -5.42. The van der Waals surface area contributed by atoms with Crippen LogP contribution >= 0.6 is 0 Å². The molecule has 0 aliphatic carbocycles. The molecule has 3 rings (SSSR count). The molecule has 0 saturated carbocycles. The standard InChI is InChI=1S/C23H24F3N3O8/c1-33-13-8-12(9-14(10-13)34-2)11-29-20(31)22(23(24,25)26,28-21(29)32)27-19(30)15-6-7-16(35-3)18(37-5)17(15)36-4/h6-10H,11H2,1-5H3,(H,27,30)(H,28,32)/t22-/m0/s1. The molecule has 2 aromatic carbocycles. The van der Waals surface area contributed by atoms with Gasteiger partial charge in [0.1, 0.15) is 11.5 Å². The van der Waals surface area contributed by atoms with Gasteiger partial charge in [0.15, 0.2) is 11.5 Å². The number of urea groups is 1. The number of imide groups is 1. The van der Waals surface area contributed by atoms with Gasteiger partial charge < -0.3 is 29.0 Å². The van der Waals surface area contributed by atoms with Gasteiger partial charge in [-0.1, -0.05) is 0 Å². The number of hydrogen-bond donors (Lipinski definition) is 2. The topological polar surface area (TPSA) is 125 Å². The Morgan fingerprint density at radius 2 is 1.51 bits per heavy atom. The van der Waals surface area contributed by atoms with Crippen molar-refractivity contribution in [2.24, 2.45) is 0 Å². The molecule has 11 nitrogen and oxygen atoms in total. The van der Waals surface area contributed by atoms with Crippen LogP contribution in [0.5, 0.6) is 28.7 Å². The van der Waals surface area contributed by atoms with Gasteiger partial charge in [-0.15, -0.1) is 0 Å². The second-order valence-corrected chi connectivity index (χ2v) is 7.63. The van der Waals surface area contributed by atoms with Gasteiger partial charge in [-0.05, 0) is 29.8 Å². The lowest BCUT2D eigenvalue weighted by molar-refractivity contribution is -0.200. The number of benzene rings is 2. The normalized spacial score (nSPS) is 17.2. The Morgan fingerprint density at radius 1 is 0.919 bits per heavy atom. The van der Waals surface area contributed by atoms with E-state index in [1.807, 2.05) is 0 Å². The molecule has 0 spiro atoms. The molecule has 1 heterocycles. The maximum absolute atomic E-state index is 14.3. The quantitative estimate of drug-likeness (QED) is 0.477. The van der Waals surface area contributed by atoms with E-state index in [9.17, 15) is 27.6 Å². The molecule has 37 heavy (non-hydrogen) atoms. The molecule has 0 bridgehead atoms. The van der Waals surface area contributed by atoms with Crippen molar-refractivity contribution in [3.63, 3.8) is 0 Å². The Morgan fingerprint density at radius 3 is 2.00 bits per heavy atom. The average molecular weight is 527 g/mol. The third kappa shape index (κ3) is 4.86. The van der Waals surface area contributed by atoms with Crippen LogP contribution in [0.15, 0.2) is 30.3 Å². The smallest absolute Gasteiger partial charge is 0.440 e. The largest absolute Gasteiger partial charge is 0.497 e. The van der Waals surface area contributed by atoms with E-state index in [4.69, 9.17) is 23.7 Å². The summed E-state index contributed by atoms with van der Waals surface area (Å²) in [6.45, 7) is -0.564. The van der Waals surface area contributed by atoms with Crippen LogP contribution in [-0.4, -0.2) is 70.1 Å². The van der Waals surface area contributed by atoms with Crippen molar-refractivity contribution in [3.05, 3.63) is 41.5 Å². The van der Waals surface area contributed by atoms with E-state index >= 15 is 0 Å². The van der Waals surface area contributed by atoms with Crippen LogP contribution in [0.2, 0.25) is 0 Å². The second kappa shape index (κ2) is 10.3. The summed E-state index contributed by atoms with van der Waals surface area (Å²) in [5.41, 5.74) is -3.91. The highest BCUT2D eigenvalue weighted by Gasteiger charge is 2.69. The number of amides is 4. The number of ether oxygens (including phenoxy) is 5. The van der Waals surface area contributed by atoms with Gasteiger partial charge >= 0.3 is 12.2 Å². The molecule has 0 aromatic heterocycles. The van der Waals surface area contributed by atoms with Crippen molar-refractivity contribution < 1.29 is 51.2 Å². The highest BCUT2D eigenvalue weighted by molar-refractivity contribution is 6.10. The maximum Gasteiger partial charge on any atom is 0.440 e. The monoisotopic (exact) mass is 527 g/mol. The third-order valence-corrected chi connectivity index (χ3v) is 5.53. The summed E-state index contributed by atoms with van der Waals surface area (Å²) in [7, 11) is 6.44. The number of nitrogens with one attached hydrogen (secondary N) is 2. The lowest BCUT2D eigenvalue weighted by Gasteiger charge is -2.30. The molecule has 14 heteroatoms. The number of nitrogens with zero attached hydrogens (tertiary/aromatic N) is 1. The van der Waals surface area contributed by atoms with E-state index in [-0.39, 0.29) is 34.3 Å². The summed E-state index contributed by atoms with van der Waals surface area (Å²) >= 11 is 0. The minimum atomic E-state index is -5.42. The molecule has 0 unspecified atom stereocenters. The number of alkyl halides is 3. The fourth-order valence-corrected chi connectivity index (χ4v) is 3.73. The fraction of sp³-hybridized carbons (Fsp3) is 0.348. The Hall–Kier alpha value is -4.36. The zero-order chi connectivity index (χ0) is 27.5. The van der Waals surface area contributed by atoms with Gasteiger partial charge in [0.25, 0.3) is 17.5 Å². The number of halogens is 3. The molecule has 1 saturated heterocycles. The van der Waals surface area contributed by atoms with E-state index in [0.29, 0.717) is 4.90 Å². The maximum atomic E-state index is 14.3. The Bertz CT molecular complexity index is 1200. The third-order valence-electron chi connectivity index (χ3n) is 5.53. The minimum absolute atomic E-state index is 0.0610. The van der Waals surface area contributed by atoms with Crippen LogP contribution in [0.25, 0.3) is 0 Å². The number of carbonyl (C=O) groups is 3. The SMILES string of the molecule is COc1cc(CN2C(=O)N[C@](NC(=O)c3ccc(OC)c(OC)c3OC)(C(F)(F)F)C2=O)cc(OC)c1. The minimum Gasteiger partial charge on any atom is -0.497 e. The zero-order valence-electron chi connectivity index (χ0n) is 20.4. The molecule has 1 atom stereocenters. The zero-order valence-corrected chi connectivity index (χ0v) is 20.4. The summed E-state index contributed by atoms with van der Waals surface area (Å²) in [5, 5.41) is 3.24. The average Bonchev–Trinajstić information content (AvgIpc) is 3.11. The predicted molar refractivity (Wildman–Crippen MR) is 121 cm³/mol.